The van der Waals surface area contributed by atoms with E-state index in [-0.39, 0.29) is 17.7 Å². The SMILES string of the molecule is CC(C)(Oc1ccc(C(=O)c2ccc(Cl)cc2)cc1)C(=O)NC(c1ccccc1)c1ccccc1. The van der Waals surface area contributed by atoms with Gasteiger partial charge in [0.1, 0.15) is 5.75 Å². The third-order valence-corrected chi connectivity index (χ3v) is 5.94. The fraction of sp³-hybridized carbons (Fsp3) is 0.133. The summed E-state index contributed by atoms with van der Waals surface area (Å²) in [4.78, 5) is 26.0. The van der Waals surface area contributed by atoms with Crippen molar-refractivity contribution in [3.8, 4) is 5.75 Å². The number of rotatable bonds is 8. The zero-order valence-corrected chi connectivity index (χ0v) is 20.3. The van der Waals surface area contributed by atoms with Crippen molar-refractivity contribution in [1.82, 2.24) is 5.32 Å². The first kappa shape index (κ1) is 24.2. The van der Waals surface area contributed by atoms with Crippen LogP contribution in [0, 0.1) is 0 Å². The molecule has 4 rings (SSSR count). The molecule has 0 radical (unpaired) electrons. The number of benzene rings is 4. The molecule has 1 N–H and O–H groups in total. The van der Waals surface area contributed by atoms with Gasteiger partial charge in [-0.3, -0.25) is 9.59 Å². The Morgan fingerprint density at radius 2 is 1.17 bits per heavy atom. The monoisotopic (exact) mass is 483 g/mol. The molecular weight excluding hydrogens is 458 g/mol. The smallest absolute Gasteiger partial charge is 0.264 e. The van der Waals surface area contributed by atoms with Crippen LogP contribution < -0.4 is 10.1 Å². The average molecular weight is 484 g/mol. The molecule has 0 fully saturated rings. The first-order valence-corrected chi connectivity index (χ1v) is 11.7. The number of amides is 1. The Morgan fingerprint density at radius 1 is 0.714 bits per heavy atom. The molecule has 176 valence electrons. The van der Waals surface area contributed by atoms with Gasteiger partial charge in [-0.25, -0.2) is 0 Å². The van der Waals surface area contributed by atoms with Crippen LogP contribution in [0.5, 0.6) is 5.75 Å². The summed E-state index contributed by atoms with van der Waals surface area (Å²) >= 11 is 5.91. The van der Waals surface area contributed by atoms with Gasteiger partial charge in [-0.15, -0.1) is 0 Å². The molecule has 35 heavy (non-hydrogen) atoms. The number of hydrogen-bond acceptors (Lipinski definition) is 3. The maximum atomic E-state index is 13.3. The van der Waals surface area contributed by atoms with E-state index in [4.69, 9.17) is 16.3 Å². The van der Waals surface area contributed by atoms with Crippen molar-refractivity contribution < 1.29 is 14.3 Å². The Balaban J connectivity index is 1.48. The summed E-state index contributed by atoms with van der Waals surface area (Å²) in [6, 6.07) is 32.9. The fourth-order valence-corrected chi connectivity index (χ4v) is 3.86. The highest BCUT2D eigenvalue weighted by Gasteiger charge is 2.32. The largest absolute Gasteiger partial charge is 0.478 e. The molecule has 4 aromatic rings. The Bertz CT molecular complexity index is 1250. The van der Waals surface area contributed by atoms with Crippen molar-refractivity contribution in [1.29, 1.82) is 0 Å². The zero-order chi connectivity index (χ0) is 24.8. The molecule has 0 bridgehead atoms. The summed E-state index contributed by atoms with van der Waals surface area (Å²) in [5, 5.41) is 3.71. The summed E-state index contributed by atoms with van der Waals surface area (Å²) in [6.07, 6.45) is 0. The molecule has 0 aliphatic carbocycles. The lowest BCUT2D eigenvalue weighted by atomic mass is 9.97. The number of halogens is 1. The van der Waals surface area contributed by atoms with E-state index in [9.17, 15) is 9.59 Å². The molecule has 0 spiro atoms. The van der Waals surface area contributed by atoms with Crippen LogP contribution >= 0.6 is 11.6 Å². The highest BCUT2D eigenvalue weighted by Crippen LogP contribution is 2.25. The molecule has 4 nitrogen and oxygen atoms in total. The second-order valence-electron chi connectivity index (χ2n) is 8.70. The van der Waals surface area contributed by atoms with Gasteiger partial charge in [0.2, 0.25) is 0 Å². The zero-order valence-electron chi connectivity index (χ0n) is 19.6. The van der Waals surface area contributed by atoms with Crippen molar-refractivity contribution in [2.24, 2.45) is 0 Å². The van der Waals surface area contributed by atoms with Crippen LogP contribution in [0.15, 0.2) is 109 Å². The van der Waals surface area contributed by atoms with Gasteiger partial charge in [-0.05, 0) is 73.5 Å². The summed E-state index contributed by atoms with van der Waals surface area (Å²) in [6.45, 7) is 3.45. The average Bonchev–Trinajstić information content (AvgIpc) is 2.88. The van der Waals surface area contributed by atoms with E-state index in [0.29, 0.717) is 21.9 Å². The number of ether oxygens (including phenoxy) is 1. The van der Waals surface area contributed by atoms with Gasteiger partial charge in [0.25, 0.3) is 5.91 Å². The minimum Gasteiger partial charge on any atom is -0.478 e. The minimum atomic E-state index is -1.15. The normalized spacial score (nSPS) is 11.2. The lowest BCUT2D eigenvalue weighted by Gasteiger charge is -2.29. The van der Waals surface area contributed by atoms with Crippen LogP contribution in [0.3, 0.4) is 0 Å². The molecule has 0 unspecified atom stereocenters. The molecule has 0 aromatic heterocycles. The Morgan fingerprint density at radius 3 is 1.66 bits per heavy atom. The second kappa shape index (κ2) is 10.6. The number of carbonyl (C=O) groups is 2. The standard InChI is InChI=1S/C30H26ClNO3/c1-30(2,29(34)32-27(21-9-5-3-6-10-21)22-11-7-4-8-12-22)35-26-19-15-24(16-20-26)28(33)23-13-17-25(31)18-14-23/h3-20,27H,1-2H3,(H,32,34). The van der Waals surface area contributed by atoms with Crippen LogP contribution in [-0.2, 0) is 4.79 Å². The fourth-order valence-electron chi connectivity index (χ4n) is 3.74. The van der Waals surface area contributed by atoms with Crippen molar-refractivity contribution in [3.05, 3.63) is 136 Å². The number of nitrogens with one attached hydrogen (secondary N) is 1. The number of hydrogen-bond donors (Lipinski definition) is 1. The molecule has 0 saturated heterocycles. The molecule has 0 heterocycles. The molecule has 0 saturated carbocycles. The van der Waals surface area contributed by atoms with E-state index < -0.39 is 5.60 Å². The Labute approximate surface area is 210 Å². The third-order valence-electron chi connectivity index (χ3n) is 5.68. The topological polar surface area (TPSA) is 55.4 Å². The Hall–Kier alpha value is -3.89. The quantitative estimate of drug-likeness (QED) is 0.286. The lowest BCUT2D eigenvalue weighted by Crippen LogP contribution is -2.47. The Kier molecular flexibility index (Phi) is 7.33. The summed E-state index contributed by atoms with van der Waals surface area (Å²) in [7, 11) is 0. The van der Waals surface area contributed by atoms with Gasteiger partial charge in [0.15, 0.2) is 11.4 Å². The van der Waals surface area contributed by atoms with Crippen molar-refractivity contribution in [2.75, 3.05) is 0 Å². The predicted molar refractivity (Wildman–Crippen MR) is 139 cm³/mol. The van der Waals surface area contributed by atoms with Crippen LogP contribution in [0.1, 0.15) is 46.9 Å². The van der Waals surface area contributed by atoms with E-state index >= 15 is 0 Å². The van der Waals surface area contributed by atoms with Gasteiger partial charge >= 0.3 is 0 Å². The minimum absolute atomic E-state index is 0.112. The highest BCUT2D eigenvalue weighted by molar-refractivity contribution is 6.30. The summed E-state index contributed by atoms with van der Waals surface area (Å²) in [5.41, 5.74) is 1.88. The molecular formula is C30H26ClNO3. The van der Waals surface area contributed by atoms with Gasteiger partial charge in [0, 0.05) is 16.1 Å². The number of carbonyl (C=O) groups excluding carboxylic acids is 2. The second-order valence-corrected chi connectivity index (χ2v) is 9.14. The summed E-state index contributed by atoms with van der Waals surface area (Å²) in [5.74, 6) is 0.129. The highest BCUT2D eigenvalue weighted by atomic mass is 35.5. The van der Waals surface area contributed by atoms with E-state index in [2.05, 4.69) is 5.32 Å². The van der Waals surface area contributed by atoms with Crippen molar-refractivity contribution in [3.63, 3.8) is 0 Å². The van der Waals surface area contributed by atoms with E-state index in [0.717, 1.165) is 11.1 Å². The first-order chi connectivity index (χ1) is 16.8. The lowest BCUT2D eigenvalue weighted by molar-refractivity contribution is -0.134. The predicted octanol–water partition coefficient (Wildman–Crippen LogP) is 6.63. The first-order valence-electron chi connectivity index (χ1n) is 11.3. The van der Waals surface area contributed by atoms with Gasteiger partial charge in [-0.2, -0.15) is 0 Å². The molecule has 1 amide bonds. The van der Waals surface area contributed by atoms with Crippen molar-refractivity contribution >= 4 is 23.3 Å². The maximum Gasteiger partial charge on any atom is 0.264 e. The van der Waals surface area contributed by atoms with Gasteiger partial charge in [0.05, 0.1) is 6.04 Å². The van der Waals surface area contributed by atoms with E-state index in [1.165, 1.54) is 0 Å². The maximum absolute atomic E-state index is 13.3. The van der Waals surface area contributed by atoms with Crippen LogP contribution in [-0.4, -0.2) is 17.3 Å². The molecule has 4 aromatic carbocycles. The third kappa shape index (κ3) is 5.97. The van der Waals surface area contributed by atoms with Gasteiger partial charge < -0.3 is 10.1 Å². The van der Waals surface area contributed by atoms with E-state index in [1.807, 2.05) is 60.7 Å². The molecule has 0 aliphatic heterocycles. The van der Waals surface area contributed by atoms with E-state index in [1.54, 1.807) is 62.4 Å². The molecule has 5 heteroatoms. The molecule has 0 atom stereocenters. The van der Waals surface area contributed by atoms with Crippen LogP contribution in [0.25, 0.3) is 0 Å². The number of ketones is 1. The van der Waals surface area contributed by atoms with Crippen LogP contribution in [0.4, 0.5) is 0 Å². The van der Waals surface area contributed by atoms with Crippen LogP contribution in [0.2, 0.25) is 5.02 Å². The van der Waals surface area contributed by atoms with Gasteiger partial charge in [-0.1, -0.05) is 72.3 Å². The molecule has 0 aliphatic rings. The van der Waals surface area contributed by atoms with Crippen molar-refractivity contribution in [2.45, 2.75) is 25.5 Å². The summed E-state index contributed by atoms with van der Waals surface area (Å²) < 4.78 is 6.05.